The van der Waals surface area contributed by atoms with Gasteiger partial charge in [-0.25, -0.2) is 9.48 Å². The number of ether oxygens (including phenoxy) is 2. The van der Waals surface area contributed by atoms with E-state index >= 15 is 0 Å². The van der Waals surface area contributed by atoms with Gasteiger partial charge in [0.25, 0.3) is 0 Å². The zero-order valence-corrected chi connectivity index (χ0v) is 19.5. The quantitative estimate of drug-likeness (QED) is 0.587. The van der Waals surface area contributed by atoms with E-state index in [9.17, 15) is 14.7 Å². The number of amides is 1. The third-order valence-electron chi connectivity index (χ3n) is 6.63. The molecule has 0 saturated heterocycles. The molecule has 9 heteroatoms. The highest BCUT2D eigenvalue weighted by molar-refractivity contribution is 5.89. The van der Waals surface area contributed by atoms with Crippen LogP contribution < -0.4 is 5.32 Å². The van der Waals surface area contributed by atoms with Crippen LogP contribution in [-0.2, 0) is 24.7 Å². The minimum atomic E-state index is -0.991. The fourth-order valence-electron chi connectivity index (χ4n) is 4.77. The number of methoxy groups -OCH3 is 1. The van der Waals surface area contributed by atoms with E-state index in [0.717, 1.165) is 32.1 Å². The highest BCUT2D eigenvalue weighted by atomic mass is 16.5. The van der Waals surface area contributed by atoms with E-state index in [1.54, 1.807) is 17.0 Å². The maximum Gasteiger partial charge on any atom is 0.333 e. The van der Waals surface area contributed by atoms with Crippen LogP contribution in [0, 0.1) is 0 Å². The van der Waals surface area contributed by atoms with Crippen molar-refractivity contribution in [3.63, 3.8) is 0 Å². The number of nitrogens with one attached hydrogen (secondary N) is 1. The second-order valence-electron chi connectivity index (χ2n) is 8.89. The Morgan fingerprint density at radius 3 is 2.56 bits per heavy atom. The monoisotopic (exact) mass is 448 g/mol. The minimum Gasteiger partial charge on any atom is -0.466 e. The smallest absolute Gasteiger partial charge is 0.333 e. The molecule has 1 heterocycles. The Morgan fingerprint density at radius 2 is 1.97 bits per heavy atom. The van der Waals surface area contributed by atoms with E-state index in [0.29, 0.717) is 30.5 Å². The molecule has 32 heavy (non-hydrogen) atoms. The van der Waals surface area contributed by atoms with E-state index in [4.69, 9.17) is 9.47 Å². The molecule has 1 saturated carbocycles. The summed E-state index contributed by atoms with van der Waals surface area (Å²) in [5.41, 5.74) is 0.00735. The van der Waals surface area contributed by atoms with Crippen LogP contribution in [0.3, 0.4) is 0 Å². The summed E-state index contributed by atoms with van der Waals surface area (Å²) in [6.07, 6.45) is 9.33. The molecule has 3 rings (SSSR count). The van der Waals surface area contributed by atoms with Crippen LogP contribution in [0.4, 0.5) is 0 Å². The van der Waals surface area contributed by atoms with Crippen molar-refractivity contribution >= 4 is 11.9 Å². The summed E-state index contributed by atoms with van der Waals surface area (Å²) in [6, 6.07) is -0.952. The summed E-state index contributed by atoms with van der Waals surface area (Å²) in [5.74, 6) is -0.625. The first-order chi connectivity index (χ1) is 15.3. The Kier molecular flexibility index (Phi) is 8.05. The fourth-order valence-corrected chi connectivity index (χ4v) is 4.77. The molecule has 1 fully saturated rings. The van der Waals surface area contributed by atoms with Gasteiger partial charge in [-0.2, -0.15) is 0 Å². The molecule has 0 unspecified atom stereocenters. The van der Waals surface area contributed by atoms with Gasteiger partial charge in [-0.1, -0.05) is 38.3 Å². The Bertz CT molecular complexity index is 826. The predicted octanol–water partition coefficient (Wildman–Crippen LogP) is 2.55. The summed E-state index contributed by atoms with van der Waals surface area (Å²) in [6.45, 7) is 5.56. The maximum absolute atomic E-state index is 12.4. The number of nitrogens with zero attached hydrogens (tertiary/aromatic N) is 3. The lowest BCUT2D eigenvalue weighted by Gasteiger charge is -2.38. The highest BCUT2D eigenvalue weighted by Gasteiger charge is 2.41. The summed E-state index contributed by atoms with van der Waals surface area (Å²) in [7, 11) is 1.35. The van der Waals surface area contributed by atoms with Crippen LogP contribution in [0.25, 0.3) is 0 Å². The molecule has 1 amide bonds. The molecule has 2 N–H and O–H groups in total. The molecule has 1 aromatic rings. The number of esters is 1. The van der Waals surface area contributed by atoms with Gasteiger partial charge in [-0.15, -0.1) is 5.10 Å². The second kappa shape index (κ2) is 10.6. The molecule has 178 valence electrons. The number of rotatable bonds is 8. The molecule has 0 aliphatic heterocycles. The molecule has 0 bridgehead atoms. The zero-order chi connectivity index (χ0) is 23.3. The fraction of sp³-hybridized carbons (Fsp3) is 0.739. The van der Waals surface area contributed by atoms with E-state index in [1.807, 2.05) is 13.8 Å². The van der Waals surface area contributed by atoms with Gasteiger partial charge in [0, 0.05) is 18.9 Å². The maximum atomic E-state index is 12.4. The summed E-state index contributed by atoms with van der Waals surface area (Å²) >= 11 is 0. The molecule has 0 radical (unpaired) electrons. The molecule has 2 aliphatic carbocycles. The van der Waals surface area contributed by atoms with Crippen molar-refractivity contribution in [2.75, 3.05) is 7.11 Å². The average Bonchev–Trinajstić information content (AvgIpc) is 3.29. The molecule has 2 aliphatic rings. The van der Waals surface area contributed by atoms with Gasteiger partial charge in [-0.05, 0) is 31.8 Å². The number of hydrogen-bond donors (Lipinski definition) is 2. The van der Waals surface area contributed by atoms with Gasteiger partial charge in [0.2, 0.25) is 5.91 Å². The van der Waals surface area contributed by atoms with Gasteiger partial charge in [0.15, 0.2) is 0 Å². The largest absolute Gasteiger partial charge is 0.466 e. The third kappa shape index (κ3) is 5.38. The van der Waals surface area contributed by atoms with E-state index in [-0.39, 0.29) is 12.0 Å². The molecular formula is C23H36N4O5. The van der Waals surface area contributed by atoms with Crippen molar-refractivity contribution < 1.29 is 24.2 Å². The third-order valence-corrected chi connectivity index (χ3v) is 6.63. The van der Waals surface area contributed by atoms with Crippen LogP contribution >= 0.6 is 0 Å². The Labute approximate surface area is 189 Å². The first-order valence-corrected chi connectivity index (χ1v) is 11.7. The number of hydrogen-bond acceptors (Lipinski definition) is 7. The van der Waals surface area contributed by atoms with E-state index in [2.05, 4.69) is 15.6 Å². The van der Waals surface area contributed by atoms with Crippen molar-refractivity contribution in [1.82, 2.24) is 20.3 Å². The first kappa shape index (κ1) is 24.4. The number of aromatic nitrogens is 3. The highest BCUT2D eigenvalue weighted by Crippen LogP contribution is 2.37. The topological polar surface area (TPSA) is 116 Å². The lowest BCUT2D eigenvalue weighted by atomic mass is 9.83. The van der Waals surface area contributed by atoms with Gasteiger partial charge in [0.1, 0.15) is 11.3 Å². The van der Waals surface area contributed by atoms with Gasteiger partial charge >= 0.3 is 5.97 Å². The number of carbonyl (C=O) groups excluding carboxylic acids is 2. The molecular weight excluding hydrogens is 412 g/mol. The summed E-state index contributed by atoms with van der Waals surface area (Å²) in [4.78, 5) is 24.5. The SMILES string of the molecule is CCC(CC)O[C@@H]1CC(C(=O)OC)=C[C@H](n2cc(C3(O)CCCCC3)nn2)[C@H]1NC(C)=O. The Hall–Kier alpha value is -2.26. The normalized spacial score (nSPS) is 25.3. The van der Waals surface area contributed by atoms with Crippen LogP contribution in [0.15, 0.2) is 17.8 Å². The first-order valence-electron chi connectivity index (χ1n) is 11.7. The van der Waals surface area contributed by atoms with Gasteiger partial charge in [-0.3, -0.25) is 4.79 Å². The van der Waals surface area contributed by atoms with Crippen molar-refractivity contribution in [3.8, 4) is 0 Å². The minimum absolute atomic E-state index is 0.00293. The summed E-state index contributed by atoms with van der Waals surface area (Å²) in [5, 5.41) is 22.6. The number of aliphatic hydroxyl groups is 1. The lowest BCUT2D eigenvalue weighted by Crippen LogP contribution is -2.52. The van der Waals surface area contributed by atoms with Crippen LogP contribution in [-0.4, -0.2) is 57.3 Å². The zero-order valence-electron chi connectivity index (χ0n) is 19.5. The standard InChI is InChI=1S/C23H36N4O5/c1-5-17(6-2)32-19-13-16(22(29)31-4)12-18(21(19)24-15(3)28)27-14-20(25-26-27)23(30)10-8-7-9-11-23/h12,14,17-19,21,30H,5-11,13H2,1-4H3,(H,24,28)/t18-,19+,21+/m0/s1. The Morgan fingerprint density at radius 1 is 1.28 bits per heavy atom. The molecule has 3 atom stereocenters. The predicted molar refractivity (Wildman–Crippen MR) is 118 cm³/mol. The van der Waals surface area contributed by atoms with E-state index < -0.39 is 29.8 Å². The van der Waals surface area contributed by atoms with Crippen molar-refractivity contribution in [2.24, 2.45) is 0 Å². The molecule has 1 aromatic heterocycles. The average molecular weight is 449 g/mol. The van der Waals surface area contributed by atoms with Crippen LogP contribution in [0.2, 0.25) is 0 Å². The van der Waals surface area contributed by atoms with E-state index in [1.165, 1.54) is 14.0 Å². The number of carbonyl (C=O) groups is 2. The molecule has 0 spiro atoms. The molecule has 0 aromatic carbocycles. The van der Waals surface area contributed by atoms with Crippen LogP contribution in [0.1, 0.15) is 83.9 Å². The van der Waals surface area contributed by atoms with Gasteiger partial charge < -0.3 is 19.9 Å². The van der Waals surface area contributed by atoms with Crippen molar-refractivity contribution in [3.05, 3.63) is 23.5 Å². The second-order valence-corrected chi connectivity index (χ2v) is 8.89. The van der Waals surface area contributed by atoms with Crippen LogP contribution in [0.5, 0.6) is 0 Å². The lowest BCUT2D eigenvalue weighted by molar-refractivity contribution is -0.137. The van der Waals surface area contributed by atoms with Crippen molar-refractivity contribution in [2.45, 2.75) is 102 Å². The summed E-state index contributed by atoms with van der Waals surface area (Å²) < 4.78 is 12.9. The Balaban J connectivity index is 1.98. The van der Waals surface area contributed by atoms with Gasteiger partial charge in [0.05, 0.1) is 37.6 Å². The molecule has 9 nitrogen and oxygen atoms in total. The van der Waals surface area contributed by atoms with Crippen molar-refractivity contribution in [1.29, 1.82) is 0 Å².